The molecular formula is C22H22N2O3S2. The summed E-state index contributed by atoms with van der Waals surface area (Å²) in [6, 6.07) is 19.3. The molecule has 0 saturated carbocycles. The van der Waals surface area contributed by atoms with E-state index in [2.05, 4.69) is 10.0 Å². The van der Waals surface area contributed by atoms with Gasteiger partial charge in [0.05, 0.1) is 10.6 Å². The summed E-state index contributed by atoms with van der Waals surface area (Å²) in [5.41, 5.74) is 2.95. The molecule has 0 atom stereocenters. The van der Waals surface area contributed by atoms with E-state index < -0.39 is 10.0 Å². The molecule has 0 aliphatic carbocycles. The van der Waals surface area contributed by atoms with Crippen molar-refractivity contribution >= 4 is 39.1 Å². The molecule has 150 valence electrons. The first-order chi connectivity index (χ1) is 13.8. The zero-order valence-corrected chi connectivity index (χ0v) is 18.0. The van der Waals surface area contributed by atoms with Gasteiger partial charge in [0.1, 0.15) is 0 Å². The Morgan fingerprint density at radius 1 is 0.931 bits per heavy atom. The van der Waals surface area contributed by atoms with Crippen LogP contribution in [0.1, 0.15) is 21.5 Å². The number of para-hydroxylation sites is 1. The number of hydrogen-bond acceptors (Lipinski definition) is 4. The van der Waals surface area contributed by atoms with Gasteiger partial charge in [-0.15, -0.1) is 11.8 Å². The molecule has 3 aromatic rings. The monoisotopic (exact) mass is 426 g/mol. The third kappa shape index (κ3) is 4.99. The maximum absolute atomic E-state index is 12.9. The highest BCUT2D eigenvalue weighted by Gasteiger charge is 2.20. The van der Waals surface area contributed by atoms with Gasteiger partial charge in [-0.05, 0) is 67.6 Å². The Labute approximate surface area is 175 Å². The summed E-state index contributed by atoms with van der Waals surface area (Å²) in [5, 5.41) is 2.86. The molecule has 0 saturated heterocycles. The number of anilines is 2. The number of carbonyl (C=O) groups is 1. The molecule has 2 N–H and O–H groups in total. The van der Waals surface area contributed by atoms with Crippen molar-refractivity contribution in [2.75, 3.05) is 16.3 Å². The minimum absolute atomic E-state index is 0.0739. The van der Waals surface area contributed by atoms with E-state index >= 15 is 0 Å². The molecule has 0 bridgehead atoms. The van der Waals surface area contributed by atoms with E-state index in [-0.39, 0.29) is 16.4 Å². The minimum Gasteiger partial charge on any atom is -0.321 e. The lowest BCUT2D eigenvalue weighted by atomic mass is 10.1. The maximum atomic E-state index is 12.9. The summed E-state index contributed by atoms with van der Waals surface area (Å²) in [7, 11) is -3.84. The van der Waals surface area contributed by atoms with Crippen LogP contribution in [0.25, 0.3) is 0 Å². The lowest BCUT2D eigenvalue weighted by molar-refractivity contribution is 0.102. The molecule has 0 heterocycles. The third-order valence-corrected chi connectivity index (χ3v) is 6.68. The normalized spacial score (nSPS) is 11.1. The number of hydrogen-bond donors (Lipinski definition) is 2. The van der Waals surface area contributed by atoms with Crippen LogP contribution in [-0.2, 0) is 10.0 Å². The van der Waals surface area contributed by atoms with Crippen molar-refractivity contribution in [1.29, 1.82) is 0 Å². The van der Waals surface area contributed by atoms with E-state index in [1.165, 1.54) is 17.8 Å². The maximum Gasteiger partial charge on any atom is 0.262 e. The lowest BCUT2D eigenvalue weighted by Crippen LogP contribution is -2.17. The molecule has 0 aliphatic heterocycles. The van der Waals surface area contributed by atoms with Crippen LogP contribution in [0.2, 0.25) is 0 Å². The third-order valence-electron chi connectivity index (χ3n) is 4.37. The van der Waals surface area contributed by atoms with Crippen molar-refractivity contribution in [3.05, 3.63) is 83.4 Å². The number of nitrogens with one attached hydrogen (secondary N) is 2. The average Bonchev–Trinajstić information content (AvgIpc) is 2.68. The molecule has 3 aromatic carbocycles. The summed E-state index contributed by atoms with van der Waals surface area (Å²) in [6.45, 7) is 3.59. The quantitative estimate of drug-likeness (QED) is 0.539. The first-order valence-electron chi connectivity index (χ1n) is 8.94. The van der Waals surface area contributed by atoms with E-state index in [4.69, 9.17) is 0 Å². The van der Waals surface area contributed by atoms with Gasteiger partial charge in [-0.1, -0.05) is 30.3 Å². The summed E-state index contributed by atoms with van der Waals surface area (Å²) in [4.78, 5) is 13.7. The van der Waals surface area contributed by atoms with Crippen molar-refractivity contribution in [3.63, 3.8) is 0 Å². The fraction of sp³-hybridized carbons (Fsp3) is 0.136. The van der Waals surface area contributed by atoms with Crippen molar-refractivity contribution in [2.45, 2.75) is 23.6 Å². The van der Waals surface area contributed by atoms with Gasteiger partial charge in [-0.3, -0.25) is 9.52 Å². The number of aryl methyl sites for hydroxylation is 2. The molecule has 7 heteroatoms. The van der Waals surface area contributed by atoms with Crippen LogP contribution in [0.5, 0.6) is 0 Å². The van der Waals surface area contributed by atoms with Crippen molar-refractivity contribution < 1.29 is 13.2 Å². The molecular weight excluding hydrogens is 404 g/mol. The van der Waals surface area contributed by atoms with Crippen LogP contribution < -0.4 is 10.0 Å². The Kier molecular flexibility index (Phi) is 6.30. The second-order valence-corrected chi connectivity index (χ2v) is 9.11. The van der Waals surface area contributed by atoms with Gasteiger partial charge in [0.15, 0.2) is 0 Å². The molecule has 1 amide bonds. The molecule has 0 unspecified atom stereocenters. The highest BCUT2D eigenvalue weighted by molar-refractivity contribution is 7.98. The summed E-state index contributed by atoms with van der Waals surface area (Å²) in [5.74, 6) is -0.362. The van der Waals surface area contributed by atoms with Gasteiger partial charge in [0, 0.05) is 16.1 Å². The molecule has 0 radical (unpaired) electrons. The van der Waals surface area contributed by atoms with Crippen LogP contribution in [0.15, 0.2) is 76.5 Å². The van der Waals surface area contributed by atoms with Crippen LogP contribution in [0.3, 0.4) is 0 Å². The van der Waals surface area contributed by atoms with Gasteiger partial charge < -0.3 is 5.32 Å². The number of thioether (sulfide) groups is 1. The summed E-state index contributed by atoms with van der Waals surface area (Å²) in [6.07, 6.45) is 1.93. The molecule has 0 aromatic heterocycles. The van der Waals surface area contributed by atoms with E-state index in [0.29, 0.717) is 16.9 Å². The van der Waals surface area contributed by atoms with Gasteiger partial charge in [-0.2, -0.15) is 0 Å². The van der Waals surface area contributed by atoms with Crippen LogP contribution in [0, 0.1) is 13.8 Å². The number of benzene rings is 3. The van der Waals surface area contributed by atoms with E-state index in [1.807, 2.05) is 43.5 Å². The van der Waals surface area contributed by atoms with Crippen LogP contribution in [0.4, 0.5) is 11.4 Å². The zero-order chi connectivity index (χ0) is 21.0. The number of rotatable bonds is 6. The Balaban J connectivity index is 1.90. The number of carbonyl (C=O) groups excluding carboxylic acids is 1. The Morgan fingerprint density at radius 3 is 2.41 bits per heavy atom. The molecule has 5 nitrogen and oxygen atoms in total. The van der Waals surface area contributed by atoms with Gasteiger partial charge in [0.2, 0.25) is 0 Å². The van der Waals surface area contributed by atoms with Crippen molar-refractivity contribution in [3.8, 4) is 0 Å². The number of sulfonamides is 1. The Hall–Kier alpha value is -2.77. The lowest BCUT2D eigenvalue weighted by Gasteiger charge is -2.13. The predicted molar refractivity (Wildman–Crippen MR) is 119 cm³/mol. The second kappa shape index (κ2) is 8.71. The van der Waals surface area contributed by atoms with E-state index in [0.717, 1.165) is 10.5 Å². The number of amides is 1. The fourth-order valence-electron chi connectivity index (χ4n) is 2.89. The average molecular weight is 427 g/mol. The highest BCUT2D eigenvalue weighted by Crippen LogP contribution is 2.26. The molecule has 0 fully saturated rings. The van der Waals surface area contributed by atoms with Gasteiger partial charge >= 0.3 is 0 Å². The van der Waals surface area contributed by atoms with E-state index in [1.54, 1.807) is 37.3 Å². The molecule has 0 spiro atoms. The van der Waals surface area contributed by atoms with Crippen molar-refractivity contribution in [1.82, 2.24) is 0 Å². The van der Waals surface area contributed by atoms with Gasteiger partial charge in [-0.25, -0.2) is 8.42 Å². The Bertz CT molecular complexity index is 1160. The minimum atomic E-state index is -3.84. The topological polar surface area (TPSA) is 75.3 Å². The standard InChI is InChI=1S/C22H22N2O3S2/c1-15-7-6-8-18(13-15)24-29(26,27)21-14-17(12-11-16(21)2)22(25)23-19-9-4-5-10-20(19)28-3/h4-14,24H,1-3H3,(H,23,25). The zero-order valence-electron chi connectivity index (χ0n) is 16.4. The molecule has 29 heavy (non-hydrogen) atoms. The summed E-state index contributed by atoms with van der Waals surface area (Å²) >= 11 is 1.52. The first kappa shape index (κ1) is 21.0. The smallest absolute Gasteiger partial charge is 0.262 e. The van der Waals surface area contributed by atoms with Gasteiger partial charge in [0.25, 0.3) is 15.9 Å². The van der Waals surface area contributed by atoms with Crippen LogP contribution >= 0.6 is 11.8 Å². The molecule has 0 aliphatic rings. The fourth-order valence-corrected chi connectivity index (χ4v) is 4.77. The highest BCUT2D eigenvalue weighted by atomic mass is 32.2. The van der Waals surface area contributed by atoms with Crippen molar-refractivity contribution in [2.24, 2.45) is 0 Å². The second-order valence-electron chi connectivity index (χ2n) is 6.61. The summed E-state index contributed by atoms with van der Waals surface area (Å²) < 4.78 is 28.4. The predicted octanol–water partition coefficient (Wildman–Crippen LogP) is 5.08. The SMILES string of the molecule is CSc1ccccc1NC(=O)c1ccc(C)c(S(=O)(=O)Nc2cccc(C)c2)c1. The first-order valence-corrected chi connectivity index (χ1v) is 11.7. The largest absolute Gasteiger partial charge is 0.321 e. The molecule has 3 rings (SSSR count). The van der Waals surface area contributed by atoms with Crippen LogP contribution in [-0.4, -0.2) is 20.6 Å². The Morgan fingerprint density at radius 2 is 1.69 bits per heavy atom. The van der Waals surface area contributed by atoms with E-state index in [9.17, 15) is 13.2 Å².